The van der Waals surface area contributed by atoms with E-state index in [1.54, 1.807) is 6.92 Å². The molecule has 140 valence electrons. The molecule has 0 fully saturated rings. The van der Waals surface area contributed by atoms with Crippen LogP contribution in [0.25, 0.3) is 11.5 Å². The van der Waals surface area contributed by atoms with Crippen molar-refractivity contribution in [1.82, 2.24) is 10.2 Å². The first-order valence-electron chi connectivity index (χ1n) is 8.66. The standard InChI is InChI=1S/C20H21N3O4/c1-4-25-16-11-7-15(8-12-16)19-22-23-20(27-19)21-18(24)14(3)26-17-9-5-13(2)6-10-17/h5-12,14H,4H2,1-3H3,(H,21,23,24). The van der Waals surface area contributed by atoms with E-state index in [0.717, 1.165) is 16.9 Å². The lowest BCUT2D eigenvalue weighted by atomic mass is 10.2. The number of ether oxygens (including phenoxy) is 2. The molecule has 1 heterocycles. The van der Waals surface area contributed by atoms with Crippen LogP contribution in [0.1, 0.15) is 19.4 Å². The number of amides is 1. The summed E-state index contributed by atoms with van der Waals surface area (Å²) in [7, 11) is 0. The maximum absolute atomic E-state index is 12.3. The second kappa shape index (κ2) is 8.35. The molecule has 1 N–H and O–H groups in total. The Balaban J connectivity index is 1.60. The van der Waals surface area contributed by atoms with Crippen LogP contribution >= 0.6 is 0 Å². The molecule has 0 radical (unpaired) electrons. The van der Waals surface area contributed by atoms with Gasteiger partial charge in [0, 0.05) is 5.56 Å². The lowest BCUT2D eigenvalue weighted by molar-refractivity contribution is -0.122. The predicted octanol–water partition coefficient (Wildman–Crippen LogP) is 3.85. The highest BCUT2D eigenvalue weighted by Gasteiger charge is 2.18. The molecular formula is C20H21N3O4. The van der Waals surface area contributed by atoms with E-state index in [2.05, 4.69) is 15.5 Å². The van der Waals surface area contributed by atoms with Gasteiger partial charge in [0.1, 0.15) is 11.5 Å². The number of hydrogen-bond donors (Lipinski definition) is 1. The zero-order valence-corrected chi connectivity index (χ0v) is 15.4. The molecule has 0 saturated heterocycles. The van der Waals surface area contributed by atoms with Gasteiger partial charge in [-0.2, -0.15) is 0 Å². The van der Waals surface area contributed by atoms with Gasteiger partial charge in [-0.05, 0) is 57.2 Å². The highest BCUT2D eigenvalue weighted by atomic mass is 16.5. The zero-order chi connectivity index (χ0) is 19.2. The highest BCUT2D eigenvalue weighted by molar-refractivity contribution is 5.92. The van der Waals surface area contributed by atoms with Crippen LogP contribution in [0.4, 0.5) is 6.01 Å². The molecule has 3 rings (SSSR count). The molecule has 0 bridgehead atoms. The SMILES string of the molecule is CCOc1ccc(-c2nnc(NC(=O)C(C)Oc3ccc(C)cc3)o2)cc1. The third-order valence-electron chi connectivity index (χ3n) is 3.77. The van der Waals surface area contributed by atoms with Gasteiger partial charge >= 0.3 is 6.01 Å². The Kier molecular flexibility index (Phi) is 5.71. The van der Waals surface area contributed by atoms with Crippen molar-refractivity contribution in [2.45, 2.75) is 26.9 Å². The molecule has 0 aliphatic heterocycles. The Hall–Kier alpha value is -3.35. The van der Waals surface area contributed by atoms with Crippen LogP contribution in [-0.4, -0.2) is 28.8 Å². The minimum Gasteiger partial charge on any atom is -0.494 e. The third-order valence-corrected chi connectivity index (χ3v) is 3.77. The normalized spacial score (nSPS) is 11.7. The van der Waals surface area contributed by atoms with Crippen LogP contribution in [0.5, 0.6) is 11.5 Å². The monoisotopic (exact) mass is 367 g/mol. The van der Waals surface area contributed by atoms with E-state index in [-0.39, 0.29) is 11.9 Å². The molecule has 1 atom stereocenters. The number of hydrogen-bond acceptors (Lipinski definition) is 6. The van der Waals surface area contributed by atoms with E-state index in [1.165, 1.54) is 0 Å². The van der Waals surface area contributed by atoms with Crippen molar-refractivity contribution in [3.05, 3.63) is 54.1 Å². The van der Waals surface area contributed by atoms with Crippen molar-refractivity contribution in [3.8, 4) is 23.0 Å². The fourth-order valence-corrected chi connectivity index (χ4v) is 2.33. The smallest absolute Gasteiger partial charge is 0.322 e. The Morgan fingerprint density at radius 3 is 2.41 bits per heavy atom. The number of anilines is 1. The number of carbonyl (C=O) groups is 1. The fraction of sp³-hybridized carbons (Fsp3) is 0.250. The molecule has 0 aliphatic carbocycles. The Morgan fingerprint density at radius 1 is 1.07 bits per heavy atom. The van der Waals surface area contributed by atoms with Crippen molar-refractivity contribution >= 4 is 11.9 Å². The number of aromatic nitrogens is 2. The average molecular weight is 367 g/mol. The van der Waals surface area contributed by atoms with Crippen molar-refractivity contribution in [1.29, 1.82) is 0 Å². The van der Waals surface area contributed by atoms with Crippen molar-refractivity contribution < 1.29 is 18.7 Å². The quantitative estimate of drug-likeness (QED) is 0.683. The number of rotatable bonds is 7. The summed E-state index contributed by atoms with van der Waals surface area (Å²) in [6, 6.07) is 14.7. The summed E-state index contributed by atoms with van der Waals surface area (Å²) in [5.74, 6) is 1.30. The molecule has 0 spiro atoms. The predicted molar refractivity (Wildman–Crippen MR) is 101 cm³/mol. The molecule has 1 aromatic heterocycles. The number of nitrogens with zero attached hydrogens (tertiary/aromatic N) is 2. The number of nitrogens with one attached hydrogen (secondary N) is 1. The topological polar surface area (TPSA) is 86.5 Å². The van der Waals surface area contributed by atoms with Gasteiger partial charge in [-0.1, -0.05) is 22.8 Å². The summed E-state index contributed by atoms with van der Waals surface area (Å²) < 4.78 is 16.5. The van der Waals surface area contributed by atoms with Gasteiger partial charge < -0.3 is 13.9 Å². The van der Waals surface area contributed by atoms with Crippen LogP contribution in [0.2, 0.25) is 0 Å². The van der Waals surface area contributed by atoms with Gasteiger partial charge in [0.15, 0.2) is 6.10 Å². The minimum atomic E-state index is -0.714. The van der Waals surface area contributed by atoms with Crippen LogP contribution in [0, 0.1) is 6.92 Å². The summed E-state index contributed by atoms with van der Waals surface area (Å²) in [5, 5.41) is 10.4. The minimum absolute atomic E-state index is 0.0169. The molecule has 7 heteroatoms. The van der Waals surface area contributed by atoms with Crippen molar-refractivity contribution in [3.63, 3.8) is 0 Å². The summed E-state index contributed by atoms with van der Waals surface area (Å²) in [5.41, 5.74) is 1.85. The second-order valence-electron chi connectivity index (χ2n) is 5.93. The van der Waals surface area contributed by atoms with E-state index in [0.29, 0.717) is 18.2 Å². The van der Waals surface area contributed by atoms with Gasteiger partial charge in [0.25, 0.3) is 5.91 Å². The first kappa shape index (κ1) is 18.4. The van der Waals surface area contributed by atoms with Gasteiger partial charge in [-0.3, -0.25) is 10.1 Å². The average Bonchev–Trinajstić information content (AvgIpc) is 3.13. The fourth-order valence-electron chi connectivity index (χ4n) is 2.33. The largest absolute Gasteiger partial charge is 0.494 e. The third kappa shape index (κ3) is 4.84. The maximum atomic E-state index is 12.3. The molecule has 1 unspecified atom stereocenters. The molecular weight excluding hydrogens is 346 g/mol. The van der Waals surface area contributed by atoms with E-state index in [4.69, 9.17) is 13.9 Å². The molecule has 3 aromatic rings. The number of aryl methyl sites for hydroxylation is 1. The van der Waals surface area contributed by atoms with E-state index in [9.17, 15) is 4.79 Å². The van der Waals surface area contributed by atoms with Gasteiger partial charge in [0.05, 0.1) is 6.61 Å². The van der Waals surface area contributed by atoms with Gasteiger partial charge in [0.2, 0.25) is 5.89 Å². The van der Waals surface area contributed by atoms with E-state index in [1.807, 2.05) is 62.4 Å². The lowest BCUT2D eigenvalue weighted by Gasteiger charge is -2.13. The Bertz CT molecular complexity index is 888. The lowest BCUT2D eigenvalue weighted by Crippen LogP contribution is -2.30. The Labute approximate surface area is 157 Å². The van der Waals surface area contributed by atoms with Crippen LogP contribution in [0.15, 0.2) is 52.9 Å². The first-order chi connectivity index (χ1) is 13.0. The zero-order valence-electron chi connectivity index (χ0n) is 15.4. The molecule has 27 heavy (non-hydrogen) atoms. The second-order valence-corrected chi connectivity index (χ2v) is 5.93. The summed E-state index contributed by atoms with van der Waals surface area (Å²) in [6.07, 6.45) is -0.714. The first-order valence-corrected chi connectivity index (χ1v) is 8.66. The van der Waals surface area contributed by atoms with Crippen molar-refractivity contribution in [2.24, 2.45) is 0 Å². The Morgan fingerprint density at radius 2 is 1.74 bits per heavy atom. The summed E-state index contributed by atoms with van der Waals surface area (Å²) in [4.78, 5) is 12.3. The molecule has 1 amide bonds. The molecule has 0 aliphatic rings. The molecule has 7 nitrogen and oxygen atoms in total. The van der Waals surface area contributed by atoms with Crippen LogP contribution in [0.3, 0.4) is 0 Å². The van der Waals surface area contributed by atoms with Crippen LogP contribution in [-0.2, 0) is 4.79 Å². The molecule has 2 aromatic carbocycles. The molecule has 0 saturated carbocycles. The summed E-state index contributed by atoms with van der Waals surface area (Å²) in [6.45, 7) is 6.15. The van der Waals surface area contributed by atoms with Crippen molar-refractivity contribution in [2.75, 3.05) is 11.9 Å². The maximum Gasteiger partial charge on any atom is 0.322 e. The summed E-state index contributed by atoms with van der Waals surface area (Å²) >= 11 is 0. The number of benzene rings is 2. The van der Waals surface area contributed by atoms with E-state index < -0.39 is 6.10 Å². The van der Waals surface area contributed by atoms with Crippen LogP contribution < -0.4 is 14.8 Å². The highest BCUT2D eigenvalue weighted by Crippen LogP contribution is 2.23. The van der Waals surface area contributed by atoms with Gasteiger partial charge in [-0.25, -0.2) is 0 Å². The van der Waals surface area contributed by atoms with Gasteiger partial charge in [-0.15, -0.1) is 5.10 Å². The number of carbonyl (C=O) groups excluding carboxylic acids is 1. The van der Waals surface area contributed by atoms with E-state index >= 15 is 0 Å².